The Labute approximate surface area is 102 Å². The van der Waals surface area contributed by atoms with Crippen LogP contribution in [0.25, 0.3) is 0 Å². The van der Waals surface area contributed by atoms with Crippen LogP contribution in [0.1, 0.15) is 18.4 Å². The molecular weight excluding hydrogens is 214 g/mol. The average Bonchev–Trinajstić information content (AvgIpc) is 2.40. The van der Waals surface area contributed by atoms with Crippen molar-refractivity contribution in [1.29, 1.82) is 0 Å². The van der Waals surface area contributed by atoms with Gasteiger partial charge in [-0.3, -0.25) is 4.79 Å². The molecule has 0 aliphatic carbocycles. The molecule has 1 heterocycles. The quantitative estimate of drug-likeness (QED) is 0.732. The molecule has 0 spiro atoms. The lowest BCUT2D eigenvalue weighted by Crippen LogP contribution is -2.34. The molecule has 1 saturated heterocycles. The first-order valence-corrected chi connectivity index (χ1v) is 6.11. The standard InChI is InChI=1S/C13H19N3O/c14-9-11-3-1-2-4-12(11)16-13(17)10-5-7-15-8-6-10/h1-4,10,15H,5-9,14H2,(H,16,17). The van der Waals surface area contributed by atoms with Crippen LogP contribution in [0.3, 0.4) is 0 Å². The number of piperidine rings is 1. The second-order valence-electron chi connectivity index (χ2n) is 4.37. The van der Waals surface area contributed by atoms with Gasteiger partial charge in [0, 0.05) is 18.2 Å². The normalized spacial score (nSPS) is 16.8. The zero-order valence-corrected chi connectivity index (χ0v) is 9.91. The highest BCUT2D eigenvalue weighted by molar-refractivity contribution is 5.93. The number of carbonyl (C=O) groups is 1. The second-order valence-corrected chi connectivity index (χ2v) is 4.37. The van der Waals surface area contributed by atoms with Crippen LogP contribution >= 0.6 is 0 Å². The molecule has 0 bridgehead atoms. The van der Waals surface area contributed by atoms with E-state index in [2.05, 4.69) is 10.6 Å². The van der Waals surface area contributed by atoms with Crippen molar-refractivity contribution < 1.29 is 4.79 Å². The molecule has 4 heteroatoms. The van der Waals surface area contributed by atoms with E-state index in [1.54, 1.807) is 0 Å². The number of amides is 1. The maximum Gasteiger partial charge on any atom is 0.227 e. The van der Waals surface area contributed by atoms with E-state index < -0.39 is 0 Å². The molecule has 92 valence electrons. The Kier molecular flexibility index (Phi) is 4.12. The summed E-state index contributed by atoms with van der Waals surface area (Å²) in [4.78, 5) is 12.1. The van der Waals surface area contributed by atoms with Crippen LogP contribution in [-0.2, 0) is 11.3 Å². The predicted molar refractivity (Wildman–Crippen MR) is 68.6 cm³/mol. The Bertz CT molecular complexity index is 386. The Morgan fingerprint density at radius 2 is 2.06 bits per heavy atom. The SMILES string of the molecule is NCc1ccccc1NC(=O)C1CCNCC1. The van der Waals surface area contributed by atoms with Crippen LogP contribution in [-0.4, -0.2) is 19.0 Å². The van der Waals surface area contributed by atoms with Gasteiger partial charge in [0.1, 0.15) is 0 Å². The van der Waals surface area contributed by atoms with Crippen LogP contribution in [0.2, 0.25) is 0 Å². The fraction of sp³-hybridized carbons (Fsp3) is 0.462. The largest absolute Gasteiger partial charge is 0.326 e. The number of benzene rings is 1. The van der Waals surface area contributed by atoms with Gasteiger partial charge in [-0.2, -0.15) is 0 Å². The highest BCUT2D eigenvalue weighted by Gasteiger charge is 2.21. The van der Waals surface area contributed by atoms with Crippen LogP contribution in [0.5, 0.6) is 0 Å². The van der Waals surface area contributed by atoms with Gasteiger partial charge in [0.05, 0.1) is 0 Å². The molecule has 17 heavy (non-hydrogen) atoms. The molecule has 1 aromatic carbocycles. The van der Waals surface area contributed by atoms with Crippen molar-refractivity contribution in [1.82, 2.24) is 5.32 Å². The summed E-state index contributed by atoms with van der Waals surface area (Å²) in [6.07, 6.45) is 1.83. The van der Waals surface area contributed by atoms with Gasteiger partial charge >= 0.3 is 0 Å². The summed E-state index contributed by atoms with van der Waals surface area (Å²) in [7, 11) is 0. The number of hydrogen-bond donors (Lipinski definition) is 3. The number of hydrogen-bond acceptors (Lipinski definition) is 3. The van der Waals surface area contributed by atoms with E-state index in [1.165, 1.54) is 0 Å². The predicted octanol–water partition coefficient (Wildman–Crippen LogP) is 1.08. The van der Waals surface area contributed by atoms with Crippen molar-refractivity contribution in [3.05, 3.63) is 29.8 Å². The summed E-state index contributed by atoms with van der Waals surface area (Å²) in [5.74, 6) is 0.245. The van der Waals surface area contributed by atoms with Crippen molar-refractivity contribution >= 4 is 11.6 Å². The molecule has 1 aliphatic rings. The molecular formula is C13H19N3O. The first-order valence-electron chi connectivity index (χ1n) is 6.11. The number of nitrogens with one attached hydrogen (secondary N) is 2. The molecule has 0 aromatic heterocycles. The van der Waals surface area contributed by atoms with Gasteiger partial charge in [-0.25, -0.2) is 0 Å². The molecule has 1 aromatic rings. The van der Waals surface area contributed by atoms with Crippen molar-refractivity contribution in [3.63, 3.8) is 0 Å². The lowest BCUT2D eigenvalue weighted by molar-refractivity contribution is -0.120. The van der Waals surface area contributed by atoms with Gasteiger partial charge in [-0.1, -0.05) is 18.2 Å². The summed E-state index contributed by atoms with van der Waals surface area (Å²) in [6.45, 7) is 2.30. The minimum atomic E-state index is 0.118. The van der Waals surface area contributed by atoms with Crippen molar-refractivity contribution in [2.75, 3.05) is 18.4 Å². The molecule has 0 radical (unpaired) electrons. The average molecular weight is 233 g/mol. The lowest BCUT2D eigenvalue weighted by atomic mass is 9.97. The van der Waals surface area contributed by atoms with Crippen LogP contribution in [0.15, 0.2) is 24.3 Å². The van der Waals surface area contributed by atoms with Crippen LogP contribution in [0.4, 0.5) is 5.69 Å². The zero-order valence-electron chi connectivity index (χ0n) is 9.91. The van der Waals surface area contributed by atoms with E-state index in [0.717, 1.165) is 37.2 Å². The lowest BCUT2D eigenvalue weighted by Gasteiger charge is -2.22. The van der Waals surface area contributed by atoms with Gasteiger partial charge in [0.15, 0.2) is 0 Å². The Morgan fingerprint density at radius 3 is 2.76 bits per heavy atom. The molecule has 2 rings (SSSR count). The van der Waals surface area contributed by atoms with E-state index >= 15 is 0 Å². The van der Waals surface area contributed by atoms with Gasteiger partial charge < -0.3 is 16.4 Å². The number of nitrogens with two attached hydrogens (primary N) is 1. The second kappa shape index (κ2) is 5.80. The Morgan fingerprint density at radius 1 is 1.35 bits per heavy atom. The van der Waals surface area contributed by atoms with Gasteiger partial charge in [-0.15, -0.1) is 0 Å². The molecule has 4 nitrogen and oxygen atoms in total. The van der Waals surface area contributed by atoms with Crippen molar-refractivity contribution in [2.24, 2.45) is 11.7 Å². The zero-order chi connectivity index (χ0) is 12.1. The minimum Gasteiger partial charge on any atom is -0.326 e. The Balaban J connectivity index is 2.01. The van der Waals surface area contributed by atoms with Crippen LogP contribution < -0.4 is 16.4 Å². The summed E-state index contributed by atoms with van der Waals surface area (Å²) in [5.41, 5.74) is 7.47. The summed E-state index contributed by atoms with van der Waals surface area (Å²) < 4.78 is 0. The minimum absolute atomic E-state index is 0.118. The number of carbonyl (C=O) groups excluding carboxylic acids is 1. The molecule has 1 amide bonds. The van der Waals surface area contributed by atoms with Gasteiger partial charge in [0.2, 0.25) is 5.91 Å². The number of rotatable bonds is 3. The topological polar surface area (TPSA) is 67.1 Å². The van der Waals surface area contributed by atoms with Gasteiger partial charge in [-0.05, 0) is 37.6 Å². The maximum atomic E-state index is 12.1. The molecule has 4 N–H and O–H groups in total. The molecule has 1 aliphatic heterocycles. The molecule has 0 unspecified atom stereocenters. The highest BCUT2D eigenvalue weighted by atomic mass is 16.1. The van der Waals surface area contributed by atoms with E-state index in [-0.39, 0.29) is 11.8 Å². The first-order chi connectivity index (χ1) is 8.31. The molecule has 1 fully saturated rings. The smallest absolute Gasteiger partial charge is 0.227 e. The maximum absolute atomic E-state index is 12.1. The fourth-order valence-corrected chi connectivity index (χ4v) is 2.14. The third-order valence-electron chi connectivity index (χ3n) is 3.21. The van der Waals surface area contributed by atoms with Crippen molar-refractivity contribution in [2.45, 2.75) is 19.4 Å². The number of para-hydroxylation sites is 1. The summed E-state index contributed by atoms with van der Waals surface area (Å²) in [5, 5.41) is 6.24. The van der Waals surface area contributed by atoms with Crippen molar-refractivity contribution in [3.8, 4) is 0 Å². The monoisotopic (exact) mass is 233 g/mol. The van der Waals surface area contributed by atoms with E-state index in [9.17, 15) is 4.79 Å². The highest BCUT2D eigenvalue weighted by Crippen LogP contribution is 2.18. The van der Waals surface area contributed by atoms with Crippen LogP contribution in [0, 0.1) is 5.92 Å². The molecule has 0 saturated carbocycles. The van der Waals surface area contributed by atoms with Gasteiger partial charge in [0.25, 0.3) is 0 Å². The molecule has 0 atom stereocenters. The summed E-state index contributed by atoms with van der Waals surface area (Å²) >= 11 is 0. The third kappa shape index (κ3) is 3.05. The fourth-order valence-electron chi connectivity index (χ4n) is 2.14. The third-order valence-corrected chi connectivity index (χ3v) is 3.21. The summed E-state index contributed by atoms with van der Waals surface area (Å²) in [6, 6.07) is 7.69. The van der Waals surface area contributed by atoms with E-state index in [1.807, 2.05) is 24.3 Å². The van der Waals surface area contributed by atoms with E-state index in [4.69, 9.17) is 5.73 Å². The van der Waals surface area contributed by atoms with E-state index in [0.29, 0.717) is 6.54 Å². The first kappa shape index (κ1) is 12.1. The number of anilines is 1. The Hall–Kier alpha value is -1.39.